The molecule has 9 rings (SSSR count). The van der Waals surface area contributed by atoms with Crippen molar-refractivity contribution in [2.75, 3.05) is 13.1 Å². The van der Waals surface area contributed by atoms with Crippen LogP contribution < -0.4 is 10.6 Å². The number of ketones is 1. The van der Waals surface area contributed by atoms with Crippen LogP contribution in [0.25, 0.3) is 44.5 Å². The average Bonchev–Trinajstić information content (AvgIpc) is 3.90. The van der Waals surface area contributed by atoms with Gasteiger partial charge in [0.25, 0.3) is 0 Å². The minimum Gasteiger partial charge on any atom is -0.341 e. The Morgan fingerprint density at radius 2 is 1.43 bits per heavy atom. The van der Waals surface area contributed by atoms with E-state index >= 15 is 0 Å². The molecule has 2 atom stereocenters. The number of fused-ring (bicyclic) bond motifs is 2. The molecule has 7 heteroatoms. The molecular formula is C37H38N6O. The zero-order valence-corrected chi connectivity index (χ0v) is 25.0. The van der Waals surface area contributed by atoms with Crippen LogP contribution in [-0.2, 0) is 6.42 Å². The number of carbonyl (C=O) groups is 1. The number of Topliss-reactive ketones (excluding diaryl/α,β-unsaturated/α-hetero) is 1. The summed E-state index contributed by atoms with van der Waals surface area (Å²) in [6.07, 6.45) is 11.7. The molecule has 7 nitrogen and oxygen atoms in total. The summed E-state index contributed by atoms with van der Waals surface area (Å²) in [5.41, 5.74) is 10.6. The summed E-state index contributed by atoms with van der Waals surface area (Å²) in [6, 6.07) is 20.2. The summed E-state index contributed by atoms with van der Waals surface area (Å²) in [7, 11) is 0. The van der Waals surface area contributed by atoms with E-state index in [0.29, 0.717) is 17.9 Å². The molecule has 1 unspecified atom stereocenters. The molecule has 222 valence electrons. The van der Waals surface area contributed by atoms with Crippen molar-refractivity contribution in [2.24, 2.45) is 5.41 Å². The Labute approximate surface area is 257 Å². The highest BCUT2D eigenvalue weighted by atomic mass is 16.1. The van der Waals surface area contributed by atoms with Gasteiger partial charge in [0.2, 0.25) is 0 Å². The summed E-state index contributed by atoms with van der Waals surface area (Å²) in [4.78, 5) is 31.0. The third-order valence-corrected chi connectivity index (χ3v) is 10.8. The van der Waals surface area contributed by atoms with E-state index in [1.165, 1.54) is 24.0 Å². The van der Waals surface area contributed by atoms with E-state index in [1.54, 1.807) is 0 Å². The minimum atomic E-state index is -0.243. The summed E-state index contributed by atoms with van der Waals surface area (Å²) < 4.78 is 0. The lowest BCUT2D eigenvalue weighted by Crippen LogP contribution is -2.24. The molecule has 44 heavy (non-hydrogen) atoms. The van der Waals surface area contributed by atoms with Crippen LogP contribution in [-0.4, -0.2) is 38.8 Å². The van der Waals surface area contributed by atoms with Crippen molar-refractivity contribution in [1.29, 1.82) is 0 Å². The SMILES string of the molecule is O=C1c2c(-c3ccc(-c4cnc(C5CCCN5)[nH]4)cc3)ccc(-c3ccc4nc([C@@H]5CCCN5)[nH]c4c3)c2CC12CCCC2. The normalized spacial score (nSPS) is 22.5. The molecule has 4 N–H and O–H groups in total. The number of imidazole rings is 2. The molecule has 5 aromatic rings. The predicted molar refractivity (Wildman–Crippen MR) is 173 cm³/mol. The van der Waals surface area contributed by atoms with E-state index in [0.717, 1.165) is 114 Å². The molecule has 0 radical (unpaired) electrons. The summed E-state index contributed by atoms with van der Waals surface area (Å²) in [5.74, 6) is 2.40. The van der Waals surface area contributed by atoms with Gasteiger partial charge in [0.05, 0.1) is 35.0 Å². The van der Waals surface area contributed by atoms with Gasteiger partial charge in [-0.1, -0.05) is 55.3 Å². The molecule has 4 heterocycles. The third kappa shape index (κ3) is 4.20. The fourth-order valence-corrected chi connectivity index (χ4v) is 8.43. The number of benzene rings is 3. The Morgan fingerprint density at radius 3 is 2.18 bits per heavy atom. The highest BCUT2D eigenvalue weighted by Crippen LogP contribution is 2.53. The number of aromatic amines is 2. The quantitative estimate of drug-likeness (QED) is 0.173. The zero-order valence-electron chi connectivity index (χ0n) is 25.0. The highest BCUT2D eigenvalue weighted by molar-refractivity contribution is 6.12. The van der Waals surface area contributed by atoms with E-state index in [-0.39, 0.29) is 5.41 Å². The first-order valence-corrected chi connectivity index (χ1v) is 16.5. The van der Waals surface area contributed by atoms with Gasteiger partial charge in [-0.25, -0.2) is 9.97 Å². The molecule has 1 saturated carbocycles. The summed E-state index contributed by atoms with van der Waals surface area (Å²) >= 11 is 0. The topological polar surface area (TPSA) is 98.5 Å². The number of hydrogen-bond acceptors (Lipinski definition) is 5. The Balaban J connectivity index is 1.09. The maximum atomic E-state index is 14.3. The summed E-state index contributed by atoms with van der Waals surface area (Å²) in [6.45, 7) is 2.10. The molecule has 3 fully saturated rings. The Kier molecular flexibility index (Phi) is 6.13. The van der Waals surface area contributed by atoms with Crippen molar-refractivity contribution >= 4 is 16.8 Å². The maximum Gasteiger partial charge on any atom is 0.170 e. The van der Waals surface area contributed by atoms with Gasteiger partial charge >= 0.3 is 0 Å². The highest BCUT2D eigenvalue weighted by Gasteiger charge is 2.48. The second-order valence-corrected chi connectivity index (χ2v) is 13.4. The molecule has 1 spiro atoms. The van der Waals surface area contributed by atoms with Crippen LogP contribution in [0, 0.1) is 5.41 Å². The van der Waals surface area contributed by atoms with Crippen molar-refractivity contribution in [3.63, 3.8) is 0 Å². The van der Waals surface area contributed by atoms with E-state index in [4.69, 9.17) is 4.98 Å². The van der Waals surface area contributed by atoms with Gasteiger partial charge in [0.1, 0.15) is 11.6 Å². The fourth-order valence-electron chi connectivity index (χ4n) is 8.43. The number of nitrogens with zero attached hydrogens (tertiary/aromatic N) is 2. The van der Waals surface area contributed by atoms with E-state index < -0.39 is 0 Å². The number of nitrogens with one attached hydrogen (secondary N) is 4. The van der Waals surface area contributed by atoms with Crippen LogP contribution in [0.4, 0.5) is 0 Å². The second-order valence-electron chi connectivity index (χ2n) is 13.4. The lowest BCUT2D eigenvalue weighted by molar-refractivity contribution is 0.0827. The van der Waals surface area contributed by atoms with Crippen LogP contribution in [0.5, 0.6) is 0 Å². The van der Waals surface area contributed by atoms with Crippen molar-refractivity contribution in [2.45, 2.75) is 69.9 Å². The van der Waals surface area contributed by atoms with Crippen LogP contribution >= 0.6 is 0 Å². The van der Waals surface area contributed by atoms with Crippen molar-refractivity contribution < 1.29 is 4.79 Å². The van der Waals surface area contributed by atoms with Crippen LogP contribution in [0.3, 0.4) is 0 Å². The van der Waals surface area contributed by atoms with Crippen LogP contribution in [0.1, 0.15) is 91.0 Å². The Morgan fingerprint density at radius 1 is 0.727 bits per heavy atom. The van der Waals surface area contributed by atoms with Gasteiger partial charge in [0.15, 0.2) is 5.78 Å². The number of carbonyl (C=O) groups excluding carboxylic acids is 1. The van der Waals surface area contributed by atoms with E-state index in [9.17, 15) is 4.79 Å². The van der Waals surface area contributed by atoms with Crippen molar-refractivity contribution in [3.8, 4) is 33.5 Å². The molecular weight excluding hydrogens is 544 g/mol. The molecule has 2 aliphatic carbocycles. The monoisotopic (exact) mass is 582 g/mol. The number of H-pyrrole nitrogens is 2. The van der Waals surface area contributed by atoms with Gasteiger partial charge in [-0.05, 0) is 104 Å². The van der Waals surface area contributed by atoms with Gasteiger partial charge < -0.3 is 20.6 Å². The minimum absolute atomic E-state index is 0.243. The second kappa shape index (κ2) is 10.2. The lowest BCUT2D eigenvalue weighted by Gasteiger charge is -2.20. The van der Waals surface area contributed by atoms with Gasteiger partial charge in [-0.2, -0.15) is 0 Å². The van der Waals surface area contributed by atoms with Crippen LogP contribution in [0.15, 0.2) is 60.8 Å². The van der Waals surface area contributed by atoms with Gasteiger partial charge in [0, 0.05) is 11.0 Å². The molecule has 0 amide bonds. The largest absolute Gasteiger partial charge is 0.341 e. The fraction of sp³-hybridized carbons (Fsp3) is 0.378. The Hall–Kier alpha value is -4.07. The smallest absolute Gasteiger partial charge is 0.170 e. The number of rotatable bonds is 5. The molecule has 3 aromatic carbocycles. The maximum absolute atomic E-state index is 14.3. The molecule has 2 saturated heterocycles. The Bertz CT molecular complexity index is 1880. The van der Waals surface area contributed by atoms with E-state index in [2.05, 4.69) is 80.2 Å². The van der Waals surface area contributed by atoms with Gasteiger partial charge in [-0.15, -0.1) is 0 Å². The zero-order chi connectivity index (χ0) is 29.3. The first-order chi connectivity index (χ1) is 21.6. The predicted octanol–water partition coefficient (Wildman–Crippen LogP) is 7.44. The third-order valence-electron chi connectivity index (χ3n) is 10.8. The van der Waals surface area contributed by atoms with Crippen LogP contribution in [0.2, 0.25) is 0 Å². The lowest BCUT2D eigenvalue weighted by atomic mass is 9.81. The van der Waals surface area contributed by atoms with Crippen molar-refractivity contribution in [3.05, 3.63) is 83.6 Å². The van der Waals surface area contributed by atoms with Crippen molar-refractivity contribution in [1.82, 2.24) is 30.6 Å². The number of hydrogen-bond donors (Lipinski definition) is 4. The first kappa shape index (κ1) is 26.3. The summed E-state index contributed by atoms with van der Waals surface area (Å²) in [5, 5.41) is 7.08. The van der Waals surface area contributed by atoms with E-state index in [1.807, 2.05) is 6.20 Å². The van der Waals surface area contributed by atoms with Gasteiger partial charge in [-0.3, -0.25) is 4.79 Å². The molecule has 2 aliphatic heterocycles. The standard InChI is InChI=1S/C37H38N6O/c44-34-33-26(22-7-9-23(10-8-22)32-21-40-35(43-32)29-5-3-17-38-29)13-12-25(27(33)20-37(34)15-1-2-16-37)24-11-14-28-31(19-24)42-36(41-28)30-6-4-18-39-30/h7-14,19,21,29-30,38-39H,1-6,15-18,20H2,(H,40,43)(H,41,42)/t29?,30-/m0/s1. The molecule has 4 aliphatic rings. The number of aromatic nitrogens is 4. The molecule has 0 bridgehead atoms. The first-order valence-electron chi connectivity index (χ1n) is 16.5. The average molecular weight is 583 g/mol. The molecule has 2 aromatic heterocycles.